The maximum absolute atomic E-state index is 10.6. The molecule has 4 nitrogen and oxygen atoms in total. The molecule has 0 aliphatic heterocycles. The number of hydrogen-bond donors (Lipinski definition) is 1. The molecule has 0 amide bonds. The summed E-state index contributed by atoms with van der Waals surface area (Å²) in [6, 6.07) is 7.80. The lowest BCUT2D eigenvalue weighted by atomic mass is 10.3. The van der Waals surface area contributed by atoms with E-state index in [0.717, 1.165) is 4.47 Å². The van der Waals surface area contributed by atoms with Gasteiger partial charge in [-0.25, -0.2) is 4.79 Å². The van der Waals surface area contributed by atoms with Crippen molar-refractivity contribution >= 4 is 33.5 Å². The van der Waals surface area contributed by atoms with Gasteiger partial charge in [0.1, 0.15) is 0 Å². The van der Waals surface area contributed by atoms with Gasteiger partial charge in [-0.15, -0.1) is 0 Å². The Bertz CT molecular complexity index is 564. The lowest BCUT2D eigenvalue weighted by Crippen LogP contribution is -1.91. The fourth-order valence-electron chi connectivity index (χ4n) is 1.15. The van der Waals surface area contributed by atoms with E-state index >= 15 is 0 Å². The van der Waals surface area contributed by atoms with E-state index in [-0.39, 0.29) is 11.7 Å². The highest BCUT2D eigenvalue weighted by Gasteiger charge is 2.11. The number of rotatable bonds is 3. The van der Waals surface area contributed by atoms with Crippen molar-refractivity contribution in [3.8, 4) is 11.7 Å². The van der Waals surface area contributed by atoms with E-state index < -0.39 is 5.97 Å². The molecular weight excluding hydrogens is 311 g/mol. The van der Waals surface area contributed by atoms with Gasteiger partial charge < -0.3 is 14.3 Å². The molecule has 0 saturated carbocycles. The summed E-state index contributed by atoms with van der Waals surface area (Å²) in [6.07, 6.45) is 0. The molecule has 0 bridgehead atoms. The second kappa shape index (κ2) is 4.81. The maximum atomic E-state index is 10.6. The van der Waals surface area contributed by atoms with Crippen LogP contribution in [0.25, 0.3) is 0 Å². The number of carboxylic acids is 1. The fourth-order valence-corrected chi connectivity index (χ4v) is 1.65. The molecule has 0 saturated heterocycles. The van der Waals surface area contributed by atoms with Crippen molar-refractivity contribution in [1.82, 2.24) is 0 Å². The molecular formula is C11H6BrClO4. The van der Waals surface area contributed by atoms with Gasteiger partial charge in [0.2, 0.25) is 5.76 Å². The van der Waals surface area contributed by atoms with E-state index in [1.54, 1.807) is 18.2 Å². The molecule has 0 radical (unpaired) electrons. The van der Waals surface area contributed by atoms with Crippen LogP contribution in [-0.4, -0.2) is 11.1 Å². The summed E-state index contributed by atoms with van der Waals surface area (Å²) in [5.41, 5.74) is 0. The molecule has 1 aromatic carbocycles. The molecule has 0 unspecified atom stereocenters. The van der Waals surface area contributed by atoms with Crippen LogP contribution >= 0.6 is 27.5 Å². The maximum Gasteiger partial charge on any atom is 0.371 e. The van der Waals surface area contributed by atoms with Crippen LogP contribution in [-0.2, 0) is 0 Å². The summed E-state index contributed by atoms with van der Waals surface area (Å²) in [7, 11) is 0. The molecule has 1 N–H and O–H groups in total. The quantitative estimate of drug-likeness (QED) is 0.922. The number of furan rings is 1. The third-order valence-electron chi connectivity index (χ3n) is 1.90. The van der Waals surface area contributed by atoms with E-state index in [4.69, 9.17) is 25.9 Å². The number of aromatic carboxylic acids is 1. The molecule has 2 aromatic rings. The molecule has 6 heteroatoms. The van der Waals surface area contributed by atoms with Gasteiger partial charge in [-0.1, -0.05) is 27.5 Å². The third kappa shape index (κ3) is 2.81. The zero-order valence-corrected chi connectivity index (χ0v) is 10.7. The largest absolute Gasteiger partial charge is 0.475 e. The van der Waals surface area contributed by atoms with Gasteiger partial charge in [-0.3, -0.25) is 0 Å². The normalized spacial score (nSPS) is 10.2. The highest BCUT2D eigenvalue weighted by molar-refractivity contribution is 9.10. The first-order chi connectivity index (χ1) is 8.06. The van der Waals surface area contributed by atoms with Crippen LogP contribution < -0.4 is 4.74 Å². The number of carboxylic acid groups (broad SMARTS) is 1. The predicted molar refractivity (Wildman–Crippen MR) is 64.9 cm³/mol. The Balaban J connectivity index is 2.25. The van der Waals surface area contributed by atoms with Gasteiger partial charge >= 0.3 is 5.97 Å². The molecule has 0 spiro atoms. The Morgan fingerprint density at radius 2 is 2.12 bits per heavy atom. The molecule has 1 aromatic heterocycles. The number of halogens is 2. The Hall–Kier alpha value is -1.46. The predicted octanol–water partition coefficient (Wildman–Crippen LogP) is 4.19. The Morgan fingerprint density at radius 1 is 1.35 bits per heavy atom. The lowest BCUT2D eigenvalue weighted by molar-refractivity contribution is 0.0657. The zero-order chi connectivity index (χ0) is 12.4. The Labute approximate surface area is 110 Å². The topological polar surface area (TPSA) is 59.7 Å². The van der Waals surface area contributed by atoms with E-state index in [9.17, 15) is 4.79 Å². The van der Waals surface area contributed by atoms with Gasteiger partial charge in [0.15, 0.2) is 5.75 Å². The fraction of sp³-hybridized carbons (Fsp3) is 0. The highest BCUT2D eigenvalue weighted by atomic mass is 79.9. The van der Waals surface area contributed by atoms with Crippen molar-refractivity contribution in [3.63, 3.8) is 0 Å². The minimum atomic E-state index is -1.15. The summed E-state index contributed by atoms with van der Waals surface area (Å²) in [5, 5.41) is 9.08. The average Bonchev–Trinajstić information content (AvgIpc) is 2.72. The van der Waals surface area contributed by atoms with Crippen molar-refractivity contribution in [2.45, 2.75) is 0 Å². The van der Waals surface area contributed by atoms with Crippen molar-refractivity contribution in [3.05, 3.63) is 45.6 Å². The van der Waals surface area contributed by atoms with E-state index in [2.05, 4.69) is 15.9 Å². The average molecular weight is 318 g/mol. The standard InChI is InChI=1S/C11H6BrClO4/c12-6-1-2-7(13)9(5-6)17-10-4-3-8(16-10)11(14)15/h1-5H,(H,14,15). The lowest BCUT2D eigenvalue weighted by Gasteiger charge is -2.04. The summed E-state index contributed by atoms with van der Waals surface area (Å²) in [6.45, 7) is 0. The first kappa shape index (κ1) is 12.0. The Kier molecular flexibility index (Phi) is 3.40. The smallest absolute Gasteiger partial charge is 0.371 e. The monoisotopic (exact) mass is 316 g/mol. The van der Waals surface area contributed by atoms with Crippen LogP contribution in [0.1, 0.15) is 10.6 Å². The van der Waals surface area contributed by atoms with Crippen molar-refractivity contribution in [2.75, 3.05) is 0 Å². The van der Waals surface area contributed by atoms with E-state index in [1.807, 2.05) is 0 Å². The first-order valence-corrected chi connectivity index (χ1v) is 5.69. The number of hydrogen-bond acceptors (Lipinski definition) is 3. The van der Waals surface area contributed by atoms with Crippen LogP contribution in [0.2, 0.25) is 5.02 Å². The Morgan fingerprint density at radius 3 is 2.76 bits per heavy atom. The molecule has 17 heavy (non-hydrogen) atoms. The van der Waals surface area contributed by atoms with Crippen molar-refractivity contribution < 1.29 is 19.1 Å². The summed E-state index contributed by atoms with van der Waals surface area (Å²) in [4.78, 5) is 10.6. The molecule has 2 rings (SSSR count). The van der Waals surface area contributed by atoms with Crippen molar-refractivity contribution in [2.24, 2.45) is 0 Å². The minimum Gasteiger partial charge on any atom is -0.475 e. The van der Waals surface area contributed by atoms with Crippen LogP contribution in [0, 0.1) is 0 Å². The number of benzene rings is 1. The van der Waals surface area contributed by atoms with Crippen LogP contribution in [0.4, 0.5) is 0 Å². The van der Waals surface area contributed by atoms with Gasteiger partial charge in [-0.2, -0.15) is 0 Å². The molecule has 0 aliphatic rings. The van der Waals surface area contributed by atoms with Crippen molar-refractivity contribution in [1.29, 1.82) is 0 Å². The van der Waals surface area contributed by atoms with Gasteiger partial charge in [0, 0.05) is 10.5 Å². The van der Waals surface area contributed by atoms with E-state index in [1.165, 1.54) is 12.1 Å². The molecule has 0 fully saturated rings. The summed E-state index contributed by atoms with van der Waals surface area (Å²) >= 11 is 9.19. The summed E-state index contributed by atoms with van der Waals surface area (Å²) in [5.74, 6) is -0.888. The number of carbonyl (C=O) groups is 1. The highest BCUT2D eigenvalue weighted by Crippen LogP contribution is 2.32. The third-order valence-corrected chi connectivity index (χ3v) is 2.70. The second-order valence-electron chi connectivity index (χ2n) is 3.10. The molecule has 88 valence electrons. The SMILES string of the molecule is O=C(O)c1ccc(Oc2cc(Br)ccc2Cl)o1. The zero-order valence-electron chi connectivity index (χ0n) is 8.31. The van der Waals surface area contributed by atoms with Crippen LogP contribution in [0.15, 0.2) is 39.2 Å². The van der Waals surface area contributed by atoms with Gasteiger partial charge in [0.05, 0.1) is 5.02 Å². The van der Waals surface area contributed by atoms with Crippen LogP contribution in [0.3, 0.4) is 0 Å². The molecule has 0 aliphatic carbocycles. The van der Waals surface area contributed by atoms with Crippen LogP contribution in [0.5, 0.6) is 11.7 Å². The molecule has 1 heterocycles. The second-order valence-corrected chi connectivity index (χ2v) is 4.42. The van der Waals surface area contributed by atoms with Gasteiger partial charge in [0.25, 0.3) is 5.95 Å². The van der Waals surface area contributed by atoms with Gasteiger partial charge in [-0.05, 0) is 24.3 Å². The summed E-state index contributed by atoms with van der Waals surface area (Å²) < 4.78 is 11.1. The number of ether oxygens (including phenoxy) is 1. The minimum absolute atomic E-state index is 0.0717. The van der Waals surface area contributed by atoms with E-state index in [0.29, 0.717) is 10.8 Å². The molecule has 0 atom stereocenters. The first-order valence-electron chi connectivity index (χ1n) is 4.52.